The van der Waals surface area contributed by atoms with E-state index in [1.165, 1.54) is 0 Å². The molecule has 0 spiro atoms. The third-order valence-corrected chi connectivity index (χ3v) is 7.06. The Kier molecular flexibility index (Phi) is 7.46. The first-order valence-corrected chi connectivity index (χ1v) is 10.6. The van der Waals surface area contributed by atoms with Gasteiger partial charge in [-0.25, -0.2) is 8.42 Å². The molecule has 6 nitrogen and oxygen atoms in total. The number of carbonyl (C=O) groups is 1. The van der Waals surface area contributed by atoms with Crippen molar-refractivity contribution in [2.24, 2.45) is 0 Å². The second-order valence-corrected chi connectivity index (χ2v) is 8.84. The maximum Gasteiger partial charge on any atom is 0.243 e. The number of anilines is 1. The van der Waals surface area contributed by atoms with Gasteiger partial charge in [-0.15, -0.1) is 12.4 Å². The fourth-order valence-electron chi connectivity index (χ4n) is 3.51. The van der Waals surface area contributed by atoms with Gasteiger partial charge in [-0.2, -0.15) is 4.31 Å². The summed E-state index contributed by atoms with van der Waals surface area (Å²) >= 11 is 0. The van der Waals surface area contributed by atoms with Gasteiger partial charge in [0, 0.05) is 18.8 Å². The van der Waals surface area contributed by atoms with E-state index < -0.39 is 10.0 Å². The Bertz CT molecular complexity index is 727. The summed E-state index contributed by atoms with van der Waals surface area (Å²) in [4.78, 5) is 12.7. The Morgan fingerprint density at radius 3 is 2.54 bits per heavy atom. The van der Waals surface area contributed by atoms with Gasteiger partial charge in [0.05, 0.1) is 10.9 Å². The first-order chi connectivity index (χ1) is 12.0. The van der Waals surface area contributed by atoms with Crippen molar-refractivity contribution in [1.29, 1.82) is 0 Å². The number of rotatable bonds is 4. The number of halogens is 1. The number of piperidine rings is 2. The van der Waals surface area contributed by atoms with Crippen molar-refractivity contribution in [3.8, 4) is 0 Å². The van der Waals surface area contributed by atoms with Crippen LogP contribution in [0.3, 0.4) is 0 Å². The molecule has 1 aromatic carbocycles. The smallest absolute Gasteiger partial charge is 0.243 e. The van der Waals surface area contributed by atoms with Gasteiger partial charge < -0.3 is 10.6 Å². The summed E-state index contributed by atoms with van der Waals surface area (Å²) in [6.45, 7) is 3.79. The van der Waals surface area contributed by atoms with Crippen LogP contribution >= 0.6 is 12.4 Å². The summed E-state index contributed by atoms with van der Waals surface area (Å²) in [5.41, 5.74) is 1.25. The number of amides is 1. The number of sulfonamides is 1. The number of benzene rings is 1. The van der Waals surface area contributed by atoms with Crippen molar-refractivity contribution in [1.82, 2.24) is 9.62 Å². The first-order valence-electron chi connectivity index (χ1n) is 9.13. The highest BCUT2D eigenvalue weighted by atomic mass is 35.5. The predicted molar refractivity (Wildman–Crippen MR) is 105 cm³/mol. The van der Waals surface area contributed by atoms with E-state index in [-0.39, 0.29) is 24.4 Å². The number of nitrogens with one attached hydrogen (secondary N) is 2. The van der Waals surface area contributed by atoms with Crippen LogP contribution in [0.4, 0.5) is 5.69 Å². The Morgan fingerprint density at radius 1 is 1.15 bits per heavy atom. The molecule has 1 amide bonds. The van der Waals surface area contributed by atoms with Crippen LogP contribution in [-0.4, -0.2) is 44.3 Å². The molecule has 8 heteroatoms. The van der Waals surface area contributed by atoms with Crippen molar-refractivity contribution in [2.45, 2.75) is 56.4 Å². The summed E-state index contributed by atoms with van der Waals surface area (Å²) in [5.74, 6) is -0.0927. The maximum absolute atomic E-state index is 12.9. The van der Waals surface area contributed by atoms with E-state index in [0.29, 0.717) is 29.2 Å². The summed E-state index contributed by atoms with van der Waals surface area (Å²) in [6.07, 6.45) is 5.83. The van der Waals surface area contributed by atoms with Crippen LogP contribution in [0.2, 0.25) is 0 Å². The zero-order valence-corrected chi connectivity index (χ0v) is 16.8. The lowest BCUT2D eigenvalue weighted by molar-refractivity contribution is -0.118. The summed E-state index contributed by atoms with van der Waals surface area (Å²) in [6, 6.07) is 4.93. The molecule has 3 rings (SSSR count). The van der Waals surface area contributed by atoms with E-state index in [1.807, 2.05) is 0 Å². The fourth-order valence-corrected chi connectivity index (χ4v) is 5.27. The van der Waals surface area contributed by atoms with E-state index in [2.05, 4.69) is 10.6 Å². The second kappa shape index (κ2) is 9.17. The zero-order valence-electron chi connectivity index (χ0n) is 15.2. The lowest BCUT2D eigenvalue weighted by Crippen LogP contribution is -2.43. The molecule has 0 aromatic heterocycles. The van der Waals surface area contributed by atoms with Crippen molar-refractivity contribution in [2.75, 3.05) is 25.0 Å². The van der Waals surface area contributed by atoms with E-state index >= 15 is 0 Å². The van der Waals surface area contributed by atoms with Crippen molar-refractivity contribution >= 4 is 34.0 Å². The van der Waals surface area contributed by atoms with Gasteiger partial charge in [-0.1, -0.05) is 18.9 Å². The molecule has 2 N–H and O–H groups in total. The molecule has 26 heavy (non-hydrogen) atoms. The van der Waals surface area contributed by atoms with Crippen LogP contribution in [0.5, 0.6) is 0 Å². The van der Waals surface area contributed by atoms with Gasteiger partial charge in [0.15, 0.2) is 0 Å². The number of hydrogen-bond acceptors (Lipinski definition) is 4. The third-order valence-electron chi connectivity index (χ3n) is 5.02. The number of carbonyl (C=O) groups excluding carboxylic acids is 1. The maximum atomic E-state index is 12.9. The highest BCUT2D eigenvalue weighted by molar-refractivity contribution is 7.89. The number of nitrogens with zero attached hydrogens (tertiary/aromatic N) is 1. The van der Waals surface area contributed by atoms with Crippen LogP contribution in [0.1, 0.15) is 44.1 Å². The minimum Gasteiger partial charge on any atom is -0.325 e. The Balaban J connectivity index is 0.00000243. The molecule has 2 fully saturated rings. The molecule has 0 aliphatic carbocycles. The van der Waals surface area contributed by atoms with Crippen LogP contribution in [0.25, 0.3) is 0 Å². The summed E-state index contributed by atoms with van der Waals surface area (Å²) in [7, 11) is -3.51. The zero-order chi connectivity index (χ0) is 17.9. The van der Waals surface area contributed by atoms with Crippen molar-refractivity contribution in [3.05, 3.63) is 23.8 Å². The highest BCUT2D eigenvalue weighted by Gasteiger charge is 2.28. The first kappa shape index (κ1) is 21.2. The normalized spacial score (nSPS) is 21.7. The van der Waals surface area contributed by atoms with E-state index in [4.69, 9.17) is 0 Å². The van der Waals surface area contributed by atoms with E-state index in [9.17, 15) is 13.2 Å². The van der Waals surface area contributed by atoms with Crippen LogP contribution in [0.15, 0.2) is 23.1 Å². The van der Waals surface area contributed by atoms with Gasteiger partial charge in [-0.05, 0) is 56.8 Å². The van der Waals surface area contributed by atoms with Gasteiger partial charge in [-0.3, -0.25) is 4.79 Å². The second-order valence-electron chi connectivity index (χ2n) is 6.94. The molecule has 0 saturated carbocycles. The average molecular weight is 402 g/mol. The van der Waals surface area contributed by atoms with Gasteiger partial charge in [0.1, 0.15) is 0 Å². The van der Waals surface area contributed by atoms with Gasteiger partial charge in [0.25, 0.3) is 0 Å². The standard InChI is InChI=1S/C18H27N3O3S.ClH/c1-14-8-9-15(20-18(22)16-7-3-4-10-19-16)13-17(14)25(23,24)21-11-5-2-6-12-21;/h8-9,13,16,19H,2-7,10-12H2,1H3,(H,20,22);1H. The molecule has 1 unspecified atom stereocenters. The molecule has 1 atom stereocenters. The largest absolute Gasteiger partial charge is 0.325 e. The minimum atomic E-state index is -3.51. The topological polar surface area (TPSA) is 78.5 Å². The van der Waals surface area contributed by atoms with Crippen LogP contribution in [-0.2, 0) is 14.8 Å². The summed E-state index contributed by atoms with van der Waals surface area (Å²) < 4.78 is 27.5. The quantitative estimate of drug-likeness (QED) is 0.812. The Labute approximate surface area is 162 Å². The Morgan fingerprint density at radius 2 is 1.88 bits per heavy atom. The molecule has 1 aromatic rings. The molecular formula is C18H28ClN3O3S. The molecule has 0 bridgehead atoms. The third kappa shape index (κ3) is 4.76. The van der Waals surface area contributed by atoms with E-state index in [0.717, 1.165) is 45.1 Å². The number of hydrogen-bond donors (Lipinski definition) is 2. The average Bonchev–Trinajstić information content (AvgIpc) is 2.64. The van der Waals surface area contributed by atoms with Crippen molar-refractivity contribution in [3.63, 3.8) is 0 Å². The molecule has 2 heterocycles. The van der Waals surface area contributed by atoms with Gasteiger partial charge >= 0.3 is 0 Å². The van der Waals surface area contributed by atoms with E-state index in [1.54, 1.807) is 29.4 Å². The lowest BCUT2D eigenvalue weighted by atomic mass is 10.0. The minimum absolute atomic E-state index is 0. The Hall–Kier alpha value is -1.15. The van der Waals surface area contributed by atoms with Crippen molar-refractivity contribution < 1.29 is 13.2 Å². The monoisotopic (exact) mass is 401 g/mol. The number of aryl methyl sites for hydroxylation is 1. The molecule has 2 aliphatic heterocycles. The molecule has 2 aliphatic rings. The summed E-state index contributed by atoms with van der Waals surface area (Å²) in [5, 5.41) is 6.08. The lowest BCUT2D eigenvalue weighted by Gasteiger charge is -2.27. The fraction of sp³-hybridized carbons (Fsp3) is 0.611. The van der Waals surface area contributed by atoms with Gasteiger partial charge in [0.2, 0.25) is 15.9 Å². The SMILES string of the molecule is Cc1ccc(NC(=O)C2CCCCN2)cc1S(=O)(=O)N1CCCCC1.Cl. The molecule has 146 valence electrons. The molecular weight excluding hydrogens is 374 g/mol. The van der Waals surface area contributed by atoms with Crippen LogP contribution in [0, 0.1) is 6.92 Å². The molecule has 2 saturated heterocycles. The highest BCUT2D eigenvalue weighted by Crippen LogP contribution is 2.26. The predicted octanol–water partition coefficient (Wildman–Crippen LogP) is 2.67. The molecule has 0 radical (unpaired) electrons. The van der Waals surface area contributed by atoms with Crippen LogP contribution < -0.4 is 10.6 Å².